The number of H-pyrrole nitrogens is 1. The molecule has 0 spiro atoms. The van der Waals surface area contributed by atoms with Crippen LogP contribution in [0.3, 0.4) is 0 Å². The Labute approximate surface area is 326 Å². The van der Waals surface area contributed by atoms with Gasteiger partial charge in [-0.3, -0.25) is 33.7 Å². The van der Waals surface area contributed by atoms with Gasteiger partial charge in [0.05, 0.1) is 36.4 Å². The minimum atomic E-state index is -0.640. The molecule has 17 heteroatoms. The number of furan rings is 1. The molecular formula is C40H43FN8O8. The highest BCUT2D eigenvalue weighted by molar-refractivity contribution is 5.99. The van der Waals surface area contributed by atoms with Gasteiger partial charge in [0.1, 0.15) is 18.1 Å². The Hall–Kier alpha value is -6.46. The molecule has 6 rings (SSSR count). The molecule has 4 aromatic rings. The van der Waals surface area contributed by atoms with E-state index in [0.717, 1.165) is 0 Å². The molecule has 2 aromatic carbocycles. The standard InChI is InChI=1S/C40H43FN8O8/c1-2-35(51)48-19-20-49(37(53)26-48)38-12-9-28(57-38)8-11-34(50)43-14-22-56-21-13-42-25-36(52)46-15-17-47(18-16-46)40(55)31-23-27(7-10-32(31)41)24-33-29-5-3-4-6-30(29)39(54)45-44-33/h2-12,23,42H,1,13-22,24-26H2,(H,43,50)(H,45,54). The van der Waals surface area contributed by atoms with Gasteiger partial charge in [0.2, 0.25) is 29.5 Å². The van der Waals surface area contributed by atoms with Crippen molar-refractivity contribution in [1.82, 2.24) is 35.5 Å². The second kappa shape index (κ2) is 18.9. The van der Waals surface area contributed by atoms with Crippen LogP contribution in [0.25, 0.3) is 16.8 Å². The van der Waals surface area contributed by atoms with Gasteiger partial charge in [-0.25, -0.2) is 9.49 Å². The SMILES string of the molecule is C=CC(=O)N1CCN(c2ccc(C=CC(=O)NCCOCCNCC(=O)N3CCN(C(=O)c4cc(Cc5n[nH]c(=O)c6ccccc56)ccc4F)CC3)o2)C(=O)C1. The molecule has 0 aliphatic carbocycles. The monoisotopic (exact) mass is 782 g/mol. The number of fused-ring (bicyclic) bond motifs is 1. The van der Waals surface area contributed by atoms with Crippen LogP contribution >= 0.6 is 0 Å². The Balaban J connectivity index is 0.842. The van der Waals surface area contributed by atoms with Crippen molar-refractivity contribution in [2.45, 2.75) is 6.42 Å². The van der Waals surface area contributed by atoms with Gasteiger partial charge in [0.15, 0.2) is 0 Å². The highest BCUT2D eigenvalue weighted by Gasteiger charge is 2.29. The molecule has 0 radical (unpaired) electrons. The molecule has 0 atom stereocenters. The van der Waals surface area contributed by atoms with Crippen molar-refractivity contribution in [1.29, 1.82) is 0 Å². The smallest absolute Gasteiger partial charge is 0.272 e. The van der Waals surface area contributed by atoms with Crippen LogP contribution in [0.4, 0.5) is 10.3 Å². The number of benzene rings is 2. The van der Waals surface area contributed by atoms with Crippen LogP contribution in [0.1, 0.15) is 27.4 Å². The predicted molar refractivity (Wildman–Crippen MR) is 208 cm³/mol. The van der Waals surface area contributed by atoms with E-state index in [0.29, 0.717) is 66.5 Å². The van der Waals surface area contributed by atoms with E-state index in [4.69, 9.17) is 9.15 Å². The molecule has 2 saturated heterocycles. The van der Waals surface area contributed by atoms with E-state index < -0.39 is 11.7 Å². The van der Waals surface area contributed by atoms with Crippen molar-refractivity contribution in [3.63, 3.8) is 0 Å². The van der Waals surface area contributed by atoms with Crippen molar-refractivity contribution >= 4 is 52.3 Å². The Morgan fingerprint density at radius 3 is 2.42 bits per heavy atom. The first kappa shape index (κ1) is 40.2. The van der Waals surface area contributed by atoms with E-state index in [1.807, 2.05) is 6.07 Å². The van der Waals surface area contributed by atoms with Gasteiger partial charge in [0.25, 0.3) is 11.5 Å². The van der Waals surface area contributed by atoms with E-state index in [1.165, 1.54) is 45.1 Å². The number of aromatic amines is 1. The average Bonchev–Trinajstić information content (AvgIpc) is 3.71. The fourth-order valence-corrected chi connectivity index (χ4v) is 6.49. The molecule has 3 N–H and O–H groups in total. The van der Waals surface area contributed by atoms with Crippen molar-refractivity contribution < 1.29 is 37.5 Å². The third kappa shape index (κ3) is 10.2. The summed E-state index contributed by atoms with van der Waals surface area (Å²) in [4.78, 5) is 80.8. The molecular weight excluding hydrogens is 739 g/mol. The van der Waals surface area contributed by atoms with Gasteiger partial charge in [-0.1, -0.05) is 30.8 Å². The molecule has 16 nitrogen and oxygen atoms in total. The topological polar surface area (TPSA) is 190 Å². The summed E-state index contributed by atoms with van der Waals surface area (Å²) >= 11 is 0. The minimum Gasteiger partial charge on any atom is -0.441 e. The number of rotatable bonds is 15. The molecule has 57 heavy (non-hydrogen) atoms. The number of ether oxygens (including phenoxy) is 1. The van der Waals surface area contributed by atoms with Crippen molar-refractivity contribution in [3.05, 3.63) is 112 Å². The molecule has 0 saturated carbocycles. The summed E-state index contributed by atoms with van der Waals surface area (Å²) in [5.41, 5.74) is 0.906. The van der Waals surface area contributed by atoms with E-state index in [2.05, 4.69) is 27.4 Å². The van der Waals surface area contributed by atoms with E-state index in [-0.39, 0.29) is 87.0 Å². The molecule has 2 aliphatic rings. The number of carbonyl (C=O) groups excluding carboxylic acids is 5. The number of carbonyl (C=O) groups is 5. The summed E-state index contributed by atoms with van der Waals surface area (Å²) in [6, 6.07) is 14.7. The third-order valence-electron chi connectivity index (χ3n) is 9.56. The number of amides is 5. The summed E-state index contributed by atoms with van der Waals surface area (Å²) in [5.74, 6) is -1.46. The van der Waals surface area contributed by atoms with Crippen molar-refractivity contribution in [2.24, 2.45) is 0 Å². The maximum atomic E-state index is 14.9. The van der Waals surface area contributed by atoms with Crippen LogP contribution in [0.15, 0.2) is 82.5 Å². The largest absolute Gasteiger partial charge is 0.441 e. The summed E-state index contributed by atoms with van der Waals surface area (Å²) in [5, 5.41) is 13.6. The van der Waals surface area contributed by atoms with Crippen LogP contribution in [0, 0.1) is 5.82 Å². The fraction of sp³-hybridized carbons (Fsp3) is 0.325. The highest BCUT2D eigenvalue weighted by Crippen LogP contribution is 2.23. The summed E-state index contributed by atoms with van der Waals surface area (Å²) in [6.07, 6.45) is 4.25. The van der Waals surface area contributed by atoms with Gasteiger partial charge in [0, 0.05) is 76.3 Å². The van der Waals surface area contributed by atoms with Crippen LogP contribution in [0.5, 0.6) is 0 Å². The number of hydrogen-bond donors (Lipinski definition) is 3. The Bertz CT molecular complexity index is 2230. The molecule has 2 aromatic heterocycles. The van der Waals surface area contributed by atoms with Crippen LogP contribution in [0.2, 0.25) is 0 Å². The van der Waals surface area contributed by atoms with Gasteiger partial charge in [-0.15, -0.1) is 0 Å². The lowest BCUT2D eigenvalue weighted by atomic mass is 10.0. The maximum absolute atomic E-state index is 14.9. The maximum Gasteiger partial charge on any atom is 0.272 e. The first-order chi connectivity index (χ1) is 27.6. The molecule has 2 aliphatic heterocycles. The van der Waals surface area contributed by atoms with Crippen LogP contribution in [-0.2, 0) is 30.3 Å². The molecule has 5 amide bonds. The zero-order chi connectivity index (χ0) is 40.3. The van der Waals surface area contributed by atoms with Crippen molar-refractivity contribution in [2.75, 3.05) is 83.6 Å². The number of piperazine rings is 2. The van der Waals surface area contributed by atoms with E-state index >= 15 is 0 Å². The Morgan fingerprint density at radius 1 is 0.912 bits per heavy atom. The lowest BCUT2D eigenvalue weighted by molar-refractivity contribution is -0.133. The Morgan fingerprint density at radius 2 is 1.65 bits per heavy atom. The second-order valence-electron chi connectivity index (χ2n) is 13.3. The number of aromatic nitrogens is 2. The molecule has 4 heterocycles. The number of nitrogens with one attached hydrogen (secondary N) is 3. The third-order valence-corrected chi connectivity index (χ3v) is 9.56. The molecule has 0 bridgehead atoms. The second-order valence-corrected chi connectivity index (χ2v) is 13.3. The lowest BCUT2D eigenvalue weighted by Crippen LogP contribution is -2.52. The number of hydrogen-bond acceptors (Lipinski definition) is 10. The lowest BCUT2D eigenvalue weighted by Gasteiger charge is -2.35. The fourth-order valence-electron chi connectivity index (χ4n) is 6.49. The number of nitrogens with zero attached hydrogens (tertiary/aromatic N) is 5. The highest BCUT2D eigenvalue weighted by atomic mass is 19.1. The van der Waals surface area contributed by atoms with Gasteiger partial charge >= 0.3 is 0 Å². The van der Waals surface area contributed by atoms with E-state index in [1.54, 1.807) is 41.3 Å². The normalized spacial score (nSPS) is 14.7. The van der Waals surface area contributed by atoms with Gasteiger partial charge in [-0.2, -0.15) is 5.10 Å². The molecule has 298 valence electrons. The average molecular weight is 783 g/mol. The van der Waals surface area contributed by atoms with Gasteiger partial charge in [-0.05, 0) is 42.0 Å². The summed E-state index contributed by atoms with van der Waals surface area (Å²) in [6.45, 7) is 6.44. The molecule has 0 unspecified atom stereocenters. The number of halogens is 1. The summed E-state index contributed by atoms with van der Waals surface area (Å²) in [7, 11) is 0. The van der Waals surface area contributed by atoms with Crippen LogP contribution in [-0.4, -0.2) is 133 Å². The zero-order valence-corrected chi connectivity index (χ0v) is 31.2. The minimum absolute atomic E-state index is 0.0622. The number of anilines is 1. The van der Waals surface area contributed by atoms with Gasteiger partial charge < -0.3 is 34.5 Å². The zero-order valence-electron chi connectivity index (χ0n) is 31.2. The first-order valence-corrected chi connectivity index (χ1v) is 18.5. The van der Waals surface area contributed by atoms with E-state index in [9.17, 15) is 33.2 Å². The molecule has 2 fully saturated rings. The first-order valence-electron chi connectivity index (χ1n) is 18.5. The summed E-state index contributed by atoms with van der Waals surface area (Å²) < 4.78 is 26.1. The Kier molecular flexibility index (Phi) is 13.3. The predicted octanol–water partition coefficient (Wildman–Crippen LogP) is 1.33. The van der Waals surface area contributed by atoms with Crippen LogP contribution < -0.4 is 21.1 Å². The van der Waals surface area contributed by atoms with Crippen molar-refractivity contribution in [3.8, 4) is 0 Å². The quantitative estimate of drug-likeness (QED) is 0.117.